The van der Waals surface area contributed by atoms with Gasteiger partial charge in [-0.1, -0.05) is 35.9 Å². The molecule has 3 rings (SSSR count). The zero-order valence-corrected chi connectivity index (χ0v) is 16.9. The topological polar surface area (TPSA) is 82.1 Å². The summed E-state index contributed by atoms with van der Waals surface area (Å²) >= 11 is 5.90. The summed E-state index contributed by atoms with van der Waals surface area (Å²) in [6.45, 7) is 3.26. The Labute approximate surface area is 174 Å². The minimum atomic E-state index is -0.847. The van der Waals surface area contributed by atoms with E-state index in [9.17, 15) is 14.7 Å². The molecule has 2 aromatic rings. The van der Waals surface area contributed by atoms with E-state index in [0.717, 1.165) is 5.56 Å². The van der Waals surface area contributed by atoms with Crippen molar-refractivity contribution in [1.29, 1.82) is 0 Å². The van der Waals surface area contributed by atoms with E-state index < -0.39 is 6.10 Å². The molecule has 0 aromatic heterocycles. The molecular formula is C21H24ClN3O4. The van der Waals surface area contributed by atoms with Gasteiger partial charge in [0.1, 0.15) is 18.5 Å². The zero-order chi connectivity index (χ0) is 20.8. The number of halogens is 1. The molecule has 0 bridgehead atoms. The van der Waals surface area contributed by atoms with Crippen LogP contribution in [0.25, 0.3) is 0 Å². The Morgan fingerprint density at radius 1 is 1.17 bits per heavy atom. The summed E-state index contributed by atoms with van der Waals surface area (Å²) in [4.78, 5) is 27.2. The van der Waals surface area contributed by atoms with Gasteiger partial charge in [0, 0.05) is 31.6 Å². The minimum absolute atomic E-state index is 0.0115. The van der Waals surface area contributed by atoms with Crippen LogP contribution in [0.5, 0.6) is 5.75 Å². The lowest BCUT2D eigenvalue weighted by atomic mass is 10.2. The normalized spacial score (nSPS) is 14.8. The second kappa shape index (κ2) is 9.62. The van der Waals surface area contributed by atoms with Crippen LogP contribution in [0.2, 0.25) is 5.02 Å². The van der Waals surface area contributed by atoms with Crippen LogP contribution in [-0.2, 0) is 11.3 Å². The van der Waals surface area contributed by atoms with Crippen LogP contribution in [0.3, 0.4) is 0 Å². The summed E-state index contributed by atoms with van der Waals surface area (Å²) in [6.07, 6.45) is -0.847. The average Bonchev–Trinajstić information content (AvgIpc) is 3.02. The molecule has 1 atom stereocenters. The highest BCUT2D eigenvalue weighted by molar-refractivity contribution is 6.30. The average molecular weight is 418 g/mol. The number of nitrogens with zero attached hydrogens (tertiary/aromatic N) is 2. The van der Waals surface area contributed by atoms with Gasteiger partial charge in [0.25, 0.3) is 0 Å². The number of para-hydroxylation sites is 2. The number of β-amino-alcohol motifs (C(OH)–C–C–N with tert-alkyl or cyclic N) is 1. The molecule has 3 amide bonds. The number of hydrogen-bond acceptors (Lipinski definition) is 4. The lowest BCUT2D eigenvalue weighted by Gasteiger charge is -2.22. The number of amides is 3. The number of carbonyl (C=O) groups excluding carboxylic acids is 2. The standard InChI is InChI=1S/C21H24ClN3O4/c1-15(26)23-19-4-2-3-5-20(19)29-14-18(27)13-25-11-10-24(21(25)28)12-16-6-8-17(22)9-7-16/h2-9,18,27H,10-14H2,1H3,(H,23,26). The second-order valence-corrected chi connectivity index (χ2v) is 7.36. The summed E-state index contributed by atoms with van der Waals surface area (Å²) < 4.78 is 5.65. The fourth-order valence-electron chi connectivity index (χ4n) is 3.14. The summed E-state index contributed by atoms with van der Waals surface area (Å²) in [5, 5.41) is 13.7. The fourth-order valence-corrected chi connectivity index (χ4v) is 3.26. The number of anilines is 1. The number of urea groups is 1. The third-order valence-corrected chi connectivity index (χ3v) is 4.78. The predicted octanol–water partition coefficient (Wildman–Crippen LogP) is 2.98. The lowest BCUT2D eigenvalue weighted by molar-refractivity contribution is -0.114. The number of carbonyl (C=O) groups is 2. The Balaban J connectivity index is 1.50. The molecule has 1 fully saturated rings. The molecule has 1 saturated heterocycles. The largest absolute Gasteiger partial charge is 0.489 e. The van der Waals surface area contributed by atoms with Gasteiger partial charge in [-0.05, 0) is 29.8 Å². The second-order valence-electron chi connectivity index (χ2n) is 6.92. The molecule has 7 nitrogen and oxygen atoms in total. The predicted molar refractivity (Wildman–Crippen MR) is 111 cm³/mol. The van der Waals surface area contributed by atoms with Crippen LogP contribution in [0.15, 0.2) is 48.5 Å². The fraction of sp³-hybridized carbons (Fsp3) is 0.333. The molecule has 0 aliphatic carbocycles. The molecule has 1 aliphatic heterocycles. The lowest BCUT2D eigenvalue weighted by Crippen LogP contribution is -2.38. The maximum absolute atomic E-state index is 12.6. The van der Waals surface area contributed by atoms with Crippen molar-refractivity contribution in [2.24, 2.45) is 0 Å². The van der Waals surface area contributed by atoms with Crippen molar-refractivity contribution in [3.05, 3.63) is 59.1 Å². The first-order chi connectivity index (χ1) is 13.9. The first kappa shape index (κ1) is 21.0. The van der Waals surface area contributed by atoms with Crippen molar-refractivity contribution in [2.45, 2.75) is 19.6 Å². The first-order valence-corrected chi connectivity index (χ1v) is 9.76. The molecule has 2 aromatic carbocycles. The van der Waals surface area contributed by atoms with Crippen LogP contribution in [0.4, 0.5) is 10.5 Å². The molecular weight excluding hydrogens is 394 g/mol. The van der Waals surface area contributed by atoms with Crippen molar-refractivity contribution in [1.82, 2.24) is 9.80 Å². The highest BCUT2D eigenvalue weighted by atomic mass is 35.5. The number of aliphatic hydroxyl groups is 1. The van der Waals surface area contributed by atoms with E-state index in [1.54, 1.807) is 46.2 Å². The summed E-state index contributed by atoms with van der Waals surface area (Å²) in [6, 6.07) is 14.3. The van der Waals surface area contributed by atoms with Gasteiger partial charge < -0.3 is 25.0 Å². The van der Waals surface area contributed by atoms with Gasteiger partial charge >= 0.3 is 6.03 Å². The number of rotatable bonds is 8. The van der Waals surface area contributed by atoms with E-state index in [1.807, 2.05) is 12.1 Å². The summed E-state index contributed by atoms with van der Waals surface area (Å²) in [5.74, 6) is 0.268. The van der Waals surface area contributed by atoms with Gasteiger partial charge in [0.05, 0.1) is 12.2 Å². The van der Waals surface area contributed by atoms with Crippen molar-refractivity contribution < 1.29 is 19.4 Å². The molecule has 0 saturated carbocycles. The SMILES string of the molecule is CC(=O)Nc1ccccc1OCC(O)CN1CCN(Cc2ccc(Cl)cc2)C1=O. The van der Waals surface area contributed by atoms with Crippen molar-refractivity contribution in [2.75, 3.05) is 31.6 Å². The Morgan fingerprint density at radius 3 is 2.59 bits per heavy atom. The van der Waals surface area contributed by atoms with Gasteiger partial charge in [-0.15, -0.1) is 0 Å². The first-order valence-electron chi connectivity index (χ1n) is 9.38. The van der Waals surface area contributed by atoms with E-state index in [0.29, 0.717) is 36.1 Å². The molecule has 1 aliphatic rings. The smallest absolute Gasteiger partial charge is 0.320 e. The minimum Gasteiger partial charge on any atom is -0.489 e. The van der Waals surface area contributed by atoms with Gasteiger partial charge in [0.15, 0.2) is 0 Å². The molecule has 1 heterocycles. The third kappa shape index (κ3) is 5.85. The van der Waals surface area contributed by atoms with Crippen LogP contribution in [0, 0.1) is 0 Å². The third-order valence-electron chi connectivity index (χ3n) is 4.53. The summed E-state index contributed by atoms with van der Waals surface area (Å²) in [7, 11) is 0. The number of benzene rings is 2. The molecule has 2 N–H and O–H groups in total. The molecule has 8 heteroatoms. The van der Waals surface area contributed by atoms with Crippen LogP contribution < -0.4 is 10.1 Å². The van der Waals surface area contributed by atoms with E-state index >= 15 is 0 Å². The van der Waals surface area contributed by atoms with Gasteiger partial charge in [-0.3, -0.25) is 4.79 Å². The highest BCUT2D eigenvalue weighted by Gasteiger charge is 2.29. The number of ether oxygens (including phenoxy) is 1. The number of nitrogens with one attached hydrogen (secondary N) is 1. The monoisotopic (exact) mass is 417 g/mol. The van der Waals surface area contributed by atoms with Crippen molar-refractivity contribution in [3.8, 4) is 5.75 Å². The van der Waals surface area contributed by atoms with Crippen molar-refractivity contribution >= 4 is 29.2 Å². The molecule has 0 spiro atoms. The van der Waals surface area contributed by atoms with Gasteiger partial charge in [0.2, 0.25) is 5.91 Å². The molecule has 154 valence electrons. The van der Waals surface area contributed by atoms with Crippen LogP contribution in [-0.4, -0.2) is 59.2 Å². The Hall–Kier alpha value is -2.77. The van der Waals surface area contributed by atoms with E-state index in [4.69, 9.17) is 16.3 Å². The Kier molecular flexibility index (Phi) is 6.95. The Morgan fingerprint density at radius 2 is 1.86 bits per heavy atom. The summed E-state index contributed by atoms with van der Waals surface area (Å²) in [5.41, 5.74) is 1.54. The van der Waals surface area contributed by atoms with E-state index in [-0.39, 0.29) is 25.1 Å². The maximum Gasteiger partial charge on any atom is 0.320 e. The van der Waals surface area contributed by atoms with Crippen molar-refractivity contribution in [3.63, 3.8) is 0 Å². The van der Waals surface area contributed by atoms with Gasteiger partial charge in [-0.25, -0.2) is 4.79 Å². The zero-order valence-electron chi connectivity index (χ0n) is 16.2. The molecule has 1 unspecified atom stereocenters. The highest BCUT2D eigenvalue weighted by Crippen LogP contribution is 2.24. The quantitative estimate of drug-likeness (QED) is 0.691. The van der Waals surface area contributed by atoms with E-state index in [1.165, 1.54) is 6.92 Å². The van der Waals surface area contributed by atoms with E-state index in [2.05, 4.69) is 5.32 Å². The number of aliphatic hydroxyl groups excluding tert-OH is 1. The molecule has 0 radical (unpaired) electrons. The Bertz CT molecular complexity index is 859. The molecule has 29 heavy (non-hydrogen) atoms. The number of hydrogen-bond donors (Lipinski definition) is 2. The van der Waals surface area contributed by atoms with Gasteiger partial charge in [-0.2, -0.15) is 0 Å². The maximum atomic E-state index is 12.6. The van der Waals surface area contributed by atoms with Crippen LogP contribution in [0.1, 0.15) is 12.5 Å². The van der Waals surface area contributed by atoms with Crippen LogP contribution >= 0.6 is 11.6 Å².